The van der Waals surface area contributed by atoms with Crippen LogP contribution in [0, 0.1) is 0 Å². The number of hydrogen-bond donors (Lipinski definition) is 0. The van der Waals surface area contributed by atoms with Gasteiger partial charge >= 0.3 is 0 Å². The molecule has 0 aromatic heterocycles. The Hall–Kier alpha value is -3.03. The zero-order valence-corrected chi connectivity index (χ0v) is 17.9. The molecule has 3 aromatic rings. The molecule has 158 valence electrons. The fraction of sp³-hybridized carbons (Fsp3) is 0.250. The van der Waals surface area contributed by atoms with E-state index in [0.717, 1.165) is 46.7 Å². The maximum Gasteiger partial charge on any atom is 0.244 e. The smallest absolute Gasteiger partial charge is 0.244 e. The van der Waals surface area contributed by atoms with Crippen LogP contribution in [0.15, 0.2) is 65.6 Å². The third kappa shape index (κ3) is 3.16. The number of carbonyl (C=O) groups is 2. The molecule has 1 saturated heterocycles. The summed E-state index contributed by atoms with van der Waals surface area (Å²) in [6.07, 6.45) is 2.12. The molecular formula is C24H22N2O4S. The van der Waals surface area contributed by atoms with Crippen LogP contribution < -0.4 is 4.90 Å². The van der Waals surface area contributed by atoms with E-state index in [-0.39, 0.29) is 10.5 Å². The van der Waals surface area contributed by atoms with Gasteiger partial charge in [-0.1, -0.05) is 36.4 Å². The van der Waals surface area contributed by atoms with Crippen LogP contribution in [0.2, 0.25) is 0 Å². The second kappa shape index (κ2) is 7.28. The van der Waals surface area contributed by atoms with E-state index in [2.05, 4.69) is 4.90 Å². The molecule has 2 aliphatic rings. The molecular weight excluding hydrogens is 412 g/mol. The van der Waals surface area contributed by atoms with Crippen molar-refractivity contribution in [3.05, 3.63) is 71.8 Å². The largest absolute Gasteiger partial charge is 0.371 e. The van der Waals surface area contributed by atoms with Crippen molar-refractivity contribution in [2.24, 2.45) is 0 Å². The van der Waals surface area contributed by atoms with Gasteiger partial charge in [-0.2, -0.15) is 4.31 Å². The van der Waals surface area contributed by atoms with Crippen LogP contribution in [0.5, 0.6) is 0 Å². The van der Waals surface area contributed by atoms with E-state index in [0.29, 0.717) is 5.56 Å². The number of fused-ring (bicyclic) bond motifs is 2. The Morgan fingerprint density at radius 1 is 0.935 bits per heavy atom. The number of nitrogens with zero attached hydrogens (tertiary/aromatic N) is 2. The summed E-state index contributed by atoms with van der Waals surface area (Å²) in [4.78, 5) is 28.7. The Balaban J connectivity index is 1.56. The van der Waals surface area contributed by atoms with Gasteiger partial charge in [0.15, 0.2) is 17.6 Å². The zero-order chi connectivity index (χ0) is 21.8. The first-order valence-corrected chi connectivity index (χ1v) is 11.8. The number of anilines is 1. The second-order valence-electron chi connectivity index (χ2n) is 8.09. The number of carbonyl (C=O) groups excluding carboxylic acids is 2. The highest BCUT2D eigenvalue weighted by molar-refractivity contribution is 7.89. The quantitative estimate of drug-likeness (QED) is 0.466. The highest BCUT2D eigenvalue weighted by Gasteiger charge is 2.45. The van der Waals surface area contributed by atoms with Gasteiger partial charge in [0.25, 0.3) is 0 Å². The Morgan fingerprint density at radius 3 is 2.39 bits per heavy atom. The molecule has 0 spiro atoms. The second-order valence-corrected chi connectivity index (χ2v) is 10.1. The van der Waals surface area contributed by atoms with E-state index >= 15 is 0 Å². The number of rotatable bonds is 3. The van der Waals surface area contributed by atoms with Crippen molar-refractivity contribution in [3.63, 3.8) is 0 Å². The summed E-state index contributed by atoms with van der Waals surface area (Å²) in [6.45, 7) is 1.73. The Labute approximate surface area is 181 Å². The van der Waals surface area contributed by atoms with Gasteiger partial charge < -0.3 is 4.90 Å². The van der Waals surface area contributed by atoms with Crippen molar-refractivity contribution < 1.29 is 18.0 Å². The lowest BCUT2D eigenvalue weighted by Gasteiger charge is -2.32. The van der Waals surface area contributed by atoms with E-state index in [1.807, 2.05) is 24.3 Å². The Morgan fingerprint density at radius 2 is 1.65 bits per heavy atom. The summed E-state index contributed by atoms with van der Waals surface area (Å²) in [5, 5.41) is 1.83. The first-order chi connectivity index (χ1) is 14.9. The van der Waals surface area contributed by atoms with Gasteiger partial charge in [0.1, 0.15) is 0 Å². The molecule has 1 unspecified atom stereocenters. The average molecular weight is 435 g/mol. The van der Waals surface area contributed by atoms with Gasteiger partial charge in [-0.25, -0.2) is 8.42 Å². The summed E-state index contributed by atoms with van der Waals surface area (Å²) >= 11 is 0. The van der Waals surface area contributed by atoms with Crippen LogP contribution in [0.1, 0.15) is 33.6 Å². The fourth-order valence-corrected chi connectivity index (χ4v) is 5.99. The van der Waals surface area contributed by atoms with Crippen LogP contribution in [0.4, 0.5) is 5.69 Å². The summed E-state index contributed by atoms with van der Waals surface area (Å²) < 4.78 is 27.5. The predicted molar refractivity (Wildman–Crippen MR) is 119 cm³/mol. The number of benzene rings is 3. The normalized spacial score (nSPS) is 20.7. The van der Waals surface area contributed by atoms with Crippen molar-refractivity contribution in [1.82, 2.24) is 4.31 Å². The lowest BCUT2D eigenvalue weighted by Crippen LogP contribution is -2.51. The molecule has 2 aliphatic heterocycles. The molecule has 3 aromatic carbocycles. The zero-order valence-electron chi connectivity index (χ0n) is 17.1. The molecule has 0 N–H and O–H groups in total. The maximum atomic E-state index is 13.3. The standard InChI is InChI=1S/C24H22N2O4S/c1-25-22(23(27)18-9-8-16-6-2-3-7-17(16)14-18)24(28)20-11-10-19(26-12-4-5-13-26)15-21(20)31(25,29)30/h2-3,6-11,14-15,22H,4-5,12-13H2,1H3. The van der Waals surface area contributed by atoms with E-state index < -0.39 is 27.6 Å². The summed E-state index contributed by atoms with van der Waals surface area (Å²) in [7, 11) is -2.68. The molecule has 0 bridgehead atoms. The molecule has 1 fully saturated rings. The van der Waals surface area contributed by atoms with Crippen molar-refractivity contribution >= 4 is 38.0 Å². The van der Waals surface area contributed by atoms with Crippen LogP contribution in [0.3, 0.4) is 0 Å². The molecule has 5 rings (SSSR count). The highest BCUT2D eigenvalue weighted by Crippen LogP contribution is 2.34. The van der Waals surface area contributed by atoms with Crippen LogP contribution >= 0.6 is 0 Å². The molecule has 0 amide bonds. The third-order valence-corrected chi connectivity index (χ3v) is 8.12. The van der Waals surface area contributed by atoms with Gasteiger partial charge in [-0.15, -0.1) is 0 Å². The van der Waals surface area contributed by atoms with Crippen molar-refractivity contribution in [2.75, 3.05) is 25.0 Å². The molecule has 1 atom stereocenters. The van der Waals surface area contributed by atoms with Crippen molar-refractivity contribution in [1.29, 1.82) is 0 Å². The summed E-state index contributed by atoms with van der Waals surface area (Å²) in [5.41, 5.74) is 1.19. The van der Waals surface area contributed by atoms with E-state index in [9.17, 15) is 18.0 Å². The number of likely N-dealkylation sites (N-methyl/N-ethyl adjacent to an activating group) is 1. The molecule has 0 aliphatic carbocycles. The van der Waals surface area contributed by atoms with Gasteiger partial charge in [0.05, 0.1) is 4.90 Å². The fourth-order valence-electron chi connectivity index (χ4n) is 4.49. The minimum atomic E-state index is -3.99. The SMILES string of the molecule is CN1C(C(=O)c2ccc3ccccc3c2)C(=O)c2ccc(N3CCCC3)cc2S1(=O)=O. The van der Waals surface area contributed by atoms with Crippen LogP contribution in [-0.4, -0.2) is 50.5 Å². The molecule has 31 heavy (non-hydrogen) atoms. The number of hydrogen-bond acceptors (Lipinski definition) is 5. The van der Waals surface area contributed by atoms with Gasteiger partial charge in [0, 0.05) is 37.0 Å². The minimum absolute atomic E-state index is 0.0213. The lowest BCUT2D eigenvalue weighted by atomic mass is 9.94. The van der Waals surface area contributed by atoms with Gasteiger partial charge in [-0.05, 0) is 47.9 Å². The predicted octanol–water partition coefficient (Wildman–Crippen LogP) is 3.51. The Bertz CT molecular complexity index is 1330. The summed E-state index contributed by atoms with van der Waals surface area (Å²) in [6, 6.07) is 16.2. The van der Waals surface area contributed by atoms with Crippen LogP contribution in [-0.2, 0) is 10.0 Å². The topological polar surface area (TPSA) is 74.8 Å². The van der Waals surface area contributed by atoms with Crippen molar-refractivity contribution in [3.8, 4) is 0 Å². The average Bonchev–Trinajstić information content (AvgIpc) is 3.32. The first kappa shape index (κ1) is 19.9. The number of sulfonamides is 1. The molecule has 2 heterocycles. The highest BCUT2D eigenvalue weighted by atomic mass is 32.2. The van der Waals surface area contributed by atoms with Gasteiger partial charge in [-0.3, -0.25) is 9.59 Å². The van der Waals surface area contributed by atoms with Crippen molar-refractivity contribution in [2.45, 2.75) is 23.8 Å². The van der Waals surface area contributed by atoms with E-state index in [4.69, 9.17) is 0 Å². The molecule has 7 heteroatoms. The van der Waals surface area contributed by atoms with Crippen LogP contribution in [0.25, 0.3) is 10.8 Å². The van der Waals surface area contributed by atoms with E-state index in [1.165, 1.54) is 7.05 Å². The third-order valence-electron chi connectivity index (χ3n) is 6.25. The monoisotopic (exact) mass is 434 g/mol. The summed E-state index contributed by atoms with van der Waals surface area (Å²) in [5.74, 6) is -1.01. The minimum Gasteiger partial charge on any atom is -0.371 e. The Kier molecular flexibility index (Phi) is 4.68. The molecule has 0 saturated carbocycles. The lowest BCUT2D eigenvalue weighted by molar-refractivity contribution is 0.0784. The first-order valence-electron chi connectivity index (χ1n) is 10.3. The molecule has 0 radical (unpaired) electrons. The maximum absolute atomic E-state index is 13.3. The van der Waals surface area contributed by atoms with Gasteiger partial charge in [0.2, 0.25) is 10.0 Å². The molecule has 6 nitrogen and oxygen atoms in total. The number of ketones is 2. The number of Topliss-reactive ketones (excluding diaryl/α,β-unsaturated/α-hetero) is 2. The van der Waals surface area contributed by atoms with E-state index in [1.54, 1.807) is 36.4 Å².